The van der Waals surface area contributed by atoms with Gasteiger partial charge in [-0.3, -0.25) is 4.79 Å². The molecule has 2 aromatic heterocycles. The lowest BCUT2D eigenvalue weighted by atomic mass is 10.2. The van der Waals surface area contributed by atoms with Crippen molar-refractivity contribution in [1.82, 2.24) is 9.38 Å². The quantitative estimate of drug-likeness (QED) is 0.805. The van der Waals surface area contributed by atoms with Crippen molar-refractivity contribution in [3.8, 4) is 0 Å². The van der Waals surface area contributed by atoms with Crippen molar-refractivity contribution in [1.29, 1.82) is 0 Å². The Kier molecular flexibility index (Phi) is 3.35. The first-order valence-corrected chi connectivity index (χ1v) is 6.29. The molecule has 0 saturated heterocycles. The van der Waals surface area contributed by atoms with Crippen molar-refractivity contribution in [3.05, 3.63) is 66.1 Å². The Morgan fingerprint density at radius 1 is 1.19 bits per heavy atom. The summed E-state index contributed by atoms with van der Waals surface area (Å²) in [5, 5.41) is 2.54. The van der Waals surface area contributed by atoms with E-state index in [4.69, 9.17) is 0 Å². The number of aromatic nitrogens is 2. The smallest absolute Gasteiger partial charge is 0.230 e. The zero-order valence-corrected chi connectivity index (χ0v) is 10.9. The molecule has 0 fully saturated rings. The zero-order chi connectivity index (χ0) is 14.8. The standard InChI is InChI=1S/C15H11F2N3O/c16-12-5-4-10(8-13(12)17)19-15(21)9-11-2-1-3-14-18-6-7-20(11)14/h1-8H,9H2,(H,19,21). The van der Waals surface area contributed by atoms with E-state index in [1.807, 2.05) is 12.1 Å². The van der Waals surface area contributed by atoms with E-state index in [2.05, 4.69) is 10.3 Å². The molecule has 106 valence electrons. The van der Waals surface area contributed by atoms with Gasteiger partial charge in [-0.15, -0.1) is 0 Å². The third-order valence-corrected chi connectivity index (χ3v) is 3.06. The minimum Gasteiger partial charge on any atom is -0.326 e. The number of anilines is 1. The topological polar surface area (TPSA) is 46.4 Å². The van der Waals surface area contributed by atoms with Crippen molar-refractivity contribution in [2.45, 2.75) is 6.42 Å². The molecule has 0 atom stereocenters. The number of halogens is 2. The van der Waals surface area contributed by atoms with E-state index in [9.17, 15) is 13.6 Å². The summed E-state index contributed by atoms with van der Waals surface area (Å²) in [6.45, 7) is 0. The summed E-state index contributed by atoms with van der Waals surface area (Å²) in [5.41, 5.74) is 1.72. The molecule has 0 aliphatic carbocycles. The predicted octanol–water partition coefficient (Wildman–Crippen LogP) is 2.79. The van der Waals surface area contributed by atoms with Crippen LogP contribution in [0.15, 0.2) is 48.8 Å². The number of nitrogens with zero attached hydrogens (tertiary/aromatic N) is 2. The summed E-state index contributed by atoms with van der Waals surface area (Å²) in [6, 6.07) is 8.68. The van der Waals surface area contributed by atoms with Gasteiger partial charge in [-0.05, 0) is 24.3 Å². The van der Waals surface area contributed by atoms with E-state index in [-0.39, 0.29) is 18.0 Å². The van der Waals surface area contributed by atoms with E-state index in [0.717, 1.165) is 23.5 Å². The molecule has 0 unspecified atom stereocenters. The largest absolute Gasteiger partial charge is 0.326 e. The maximum Gasteiger partial charge on any atom is 0.230 e. The van der Waals surface area contributed by atoms with Crippen LogP contribution in [0.5, 0.6) is 0 Å². The highest BCUT2D eigenvalue weighted by Gasteiger charge is 2.09. The highest BCUT2D eigenvalue weighted by Crippen LogP contribution is 2.14. The maximum absolute atomic E-state index is 13.1. The van der Waals surface area contributed by atoms with Crippen LogP contribution < -0.4 is 5.32 Å². The molecule has 1 amide bonds. The molecule has 3 aromatic rings. The predicted molar refractivity (Wildman–Crippen MR) is 73.9 cm³/mol. The Morgan fingerprint density at radius 2 is 2.05 bits per heavy atom. The number of pyridine rings is 1. The van der Waals surface area contributed by atoms with Crippen LogP contribution in [0.4, 0.5) is 14.5 Å². The molecule has 1 aromatic carbocycles. The fourth-order valence-electron chi connectivity index (χ4n) is 2.09. The summed E-state index contributed by atoms with van der Waals surface area (Å²) in [6.07, 6.45) is 3.51. The Balaban J connectivity index is 1.77. The number of rotatable bonds is 3. The lowest BCUT2D eigenvalue weighted by Crippen LogP contribution is -2.16. The fourth-order valence-corrected chi connectivity index (χ4v) is 2.09. The molecule has 0 saturated carbocycles. The van der Waals surface area contributed by atoms with Gasteiger partial charge >= 0.3 is 0 Å². The second-order valence-electron chi connectivity index (χ2n) is 4.53. The van der Waals surface area contributed by atoms with Gasteiger partial charge in [0.25, 0.3) is 0 Å². The summed E-state index contributed by atoms with van der Waals surface area (Å²) in [5.74, 6) is -2.26. The van der Waals surface area contributed by atoms with E-state index < -0.39 is 11.6 Å². The van der Waals surface area contributed by atoms with E-state index >= 15 is 0 Å². The molecule has 0 aliphatic rings. The lowest BCUT2D eigenvalue weighted by Gasteiger charge is -2.07. The molecular formula is C15H11F2N3O. The first-order chi connectivity index (χ1) is 10.1. The third-order valence-electron chi connectivity index (χ3n) is 3.06. The minimum atomic E-state index is -0.996. The molecule has 21 heavy (non-hydrogen) atoms. The number of hydrogen-bond acceptors (Lipinski definition) is 2. The number of carbonyl (C=O) groups excluding carboxylic acids is 1. The Hall–Kier alpha value is -2.76. The molecule has 3 rings (SSSR count). The average molecular weight is 287 g/mol. The van der Waals surface area contributed by atoms with Crippen LogP contribution in [0.3, 0.4) is 0 Å². The van der Waals surface area contributed by atoms with Crippen molar-refractivity contribution < 1.29 is 13.6 Å². The molecule has 0 bridgehead atoms. The van der Waals surface area contributed by atoms with Crippen molar-refractivity contribution in [2.75, 3.05) is 5.32 Å². The molecule has 4 nitrogen and oxygen atoms in total. The van der Waals surface area contributed by atoms with Crippen LogP contribution in [0.25, 0.3) is 5.65 Å². The number of carbonyl (C=O) groups is 1. The van der Waals surface area contributed by atoms with Gasteiger partial charge in [0, 0.05) is 29.8 Å². The summed E-state index contributed by atoms with van der Waals surface area (Å²) < 4.78 is 27.7. The Morgan fingerprint density at radius 3 is 2.86 bits per heavy atom. The number of hydrogen-bond donors (Lipinski definition) is 1. The van der Waals surface area contributed by atoms with Crippen LogP contribution in [0, 0.1) is 11.6 Å². The first-order valence-electron chi connectivity index (χ1n) is 6.29. The number of amides is 1. The highest BCUT2D eigenvalue weighted by atomic mass is 19.2. The van der Waals surface area contributed by atoms with Gasteiger partial charge in [-0.1, -0.05) is 6.07 Å². The van der Waals surface area contributed by atoms with Gasteiger partial charge in [-0.2, -0.15) is 0 Å². The fraction of sp³-hybridized carbons (Fsp3) is 0.0667. The van der Waals surface area contributed by atoms with Gasteiger partial charge in [0.05, 0.1) is 6.42 Å². The van der Waals surface area contributed by atoms with E-state index in [1.54, 1.807) is 22.9 Å². The van der Waals surface area contributed by atoms with Gasteiger partial charge in [0.2, 0.25) is 5.91 Å². The van der Waals surface area contributed by atoms with Crippen LogP contribution in [0.1, 0.15) is 5.69 Å². The SMILES string of the molecule is O=C(Cc1cccc2nccn12)Nc1ccc(F)c(F)c1. The summed E-state index contributed by atoms with van der Waals surface area (Å²) >= 11 is 0. The number of nitrogens with one attached hydrogen (secondary N) is 1. The normalized spacial score (nSPS) is 10.8. The van der Waals surface area contributed by atoms with Crippen molar-refractivity contribution in [2.24, 2.45) is 0 Å². The second kappa shape index (κ2) is 5.32. The van der Waals surface area contributed by atoms with E-state index in [1.165, 1.54) is 6.07 Å². The van der Waals surface area contributed by atoms with Crippen LogP contribution >= 0.6 is 0 Å². The summed E-state index contributed by atoms with van der Waals surface area (Å²) in [7, 11) is 0. The minimum absolute atomic E-state index is 0.104. The average Bonchev–Trinajstić information content (AvgIpc) is 2.92. The zero-order valence-electron chi connectivity index (χ0n) is 10.9. The molecule has 0 radical (unpaired) electrons. The third kappa shape index (κ3) is 2.74. The van der Waals surface area contributed by atoms with Gasteiger partial charge in [-0.25, -0.2) is 13.8 Å². The summed E-state index contributed by atoms with van der Waals surface area (Å²) in [4.78, 5) is 16.1. The van der Waals surface area contributed by atoms with Crippen molar-refractivity contribution in [3.63, 3.8) is 0 Å². The second-order valence-corrected chi connectivity index (χ2v) is 4.53. The van der Waals surface area contributed by atoms with Crippen LogP contribution in [-0.4, -0.2) is 15.3 Å². The monoisotopic (exact) mass is 287 g/mol. The molecule has 1 N–H and O–H groups in total. The number of fused-ring (bicyclic) bond motifs is 1. The number of imidazole rings is 1. The van der Waals surface area contributed by atoms with Crippen molar-refractivity contribution >= 4 is 17.2 Å². The molecule has 0 aliphatic heterocycles. The maximum atomic E-state index is 13.1. The molecular weight excluding hydrogens is 276 g/mol. The van der Waals surface area contributed by atoms with Gasteiger partial charge in [0.1, 0.15) is 5.65 Å². The molecule has 6 heteroatoms. The van der Waals surface area contributed by atoms with Gasteiger partial charge in [0.15, 0.2) is 11.6 Å². The first kappa shape index (κ1) is 13.2. The molecule has 0 spiro atoms. The van der Waals surface area contributed by atoms with E-state index in [0.29, 0.717) is 0 Å². The number of benzene rings is 1. The Labute approximate surface area is 119 Å². The van der Waals surface area contributed by atoms with Crippen LogP contribution in [-0.2, 0) is 11.2 Å². The highest BCUT2D eigenvalue weighted by molar-refractivity contribution is 5.92. The molecule has 2 heterocycles. The lowest BCUT2D eigenvalue weighted by molar-refractivity contribution is -0.115. The Bertz CT molecular complexity index is 814. The van der Waals surface area contributed by atoms with Gasteiger partial charge < -0.3 is 9.72 Å². The van der Waals surface area contributed by atoms with Crippen LogP contribution in [0.2, 0.25) is 0 Å².